The number of hydrogen-bond donors (Lipinski definition) is 1. The Balaban J connectivity index is 3.01. The lowest BCUT2D eigenvalue weighted by molar-refractivity contribution is -0.181. The van der Waals surface area contributed by atoms with Crippen LogP contribution >= 0.6 is 11.6 Å². The van der Waals surface area contributed by atoms with Crippen LogP contribution in [0, 0.1) is 0 Å². The van der Waals surface area contributed by atoms with Crippen molar-refractivity contribution in [3.8, 4) is 0 Å². The Morgan fingerprint density at radius 2 is 2.15 bits per heavy atom. The van der Waals surface area contributed by atoms with Crippen molar-refractivity contribution in [3.05, 3.63) is 11.1 Å². The van der Waals surface area contributed by atoms with E-state index in [1.165, 1.54) is 6.08 Å². The van der Waals surface area contributed by atoms with Gasteiger partial charge in [0.1, 0.15) is 5.60 Å². The van der Waals surface area contributed by atoms with E-state index in [2.05, 4.69) is 0 Å². The average molecular weight is 205 g/mol. The van der Waals surface area contributed by atoms with Gasteiger partial charge in [-0.25, -0.2) is 0 Å². The number of Topliss-reactive ketones (excluding diaryl/α,β-unsaturated/α-hetero) is 1. The highest BCUT2D eigenvalue weighted by atomic mass is 35.5. The van der Waals surface area contributed by atoms with Crippen molar-refractivity contribution in [1.82, 2.24) is 0 Å². The summed E-state index contributed by atoms with van der Waals surface area (Å²) in [5.41, 5.74) is -0.925. The molecule has 3 nitrogen and oxygen atoms in total. The van der Waals surface area contributed by atoms with Crippen LogP contribution in [0.15, 0.2) is 11.1 Å². The van der Waals surface area contributed by atoms with Gasteiger partial charge in [-0.1, -0.05) is 25.4 Å². The number of carbonyl (C=O) groups is 1. The summed E-state index contributed by atoms with van der Waals surface area (Å²) >= 11 is 5.68. The van der Waals surface area contributed by atoms with Gasteiger partial charge in [0.05, 0.1) is 5.03 Å². The van der Waals surface area contributed by atoms with Crippen LogP contribution in [0.1, 0.15) is 26.7 Å². The summed E-state index contributed by atoms with van der Waals surface area (Å²) in [5.74, 6) is -0.232. The highest BCUT2D eigenvalue weighted by Gasteiger charge is 2.42. The zero-order valence-electron chi connectivity index (χ0n) is 7.71. The van der Waals surface area contributed by atoms with Gasteiger partial charge in [0, 0.05) is 0 Å². The molecule has 1 unspecified atom stereocenters. The Morgan fingerprint density at radius 3 is 2.62 bits per heavy atom. The molecule has 1 heterocycles. The molecule has 1 aliphatic rings. The molecule has 0 spiro atoms. The SMILES string of the molecule is CCC1(CC)OC(O)C=C(Cl)C1=O. The zero-order valence-corrected chi connectivity index (χ0v) is 8.47. The van der Waals surface area contributed by atoms with Gasteiger partial charge in [0.25, 0.3) is 0 Å². The van der Waals surface area contributed by atoms with E-state index in [4.69, 9.17) is 16.3 Å². The van der Waals surface area contributed by atoms with E-state index < -0.39 is 11.9 Å². The van der Waals surface area contributed by atoms with Crippen molar-refractivity contribution >= 4 is 17.4 Å². The fourth-order valence-corrected chi connectivity index (χ4v) is 1.75. The maximum Gasteiger partial charge on any atom is 0.205 e. The van der Waals surface area contributed by atoms with Crippen molar-refractivity contribution in [1.29, 1.82) is 0 Å². The Kier molecular flexibility index (Phi) is 3.11. The van der Waals surface area contributed by atoms with Crippen molar-refractivity contribution < 1.29 is 14.6 Å². The summed E-state index contributed by atoms with van der Waals surface area (Å²) < 4.78 is 5.20. The summed E-state index contributed by atoms with van der Waals surface area (Å²) in [6, 6.07) is 0. The predicted molar refractivity (Wildman–Crippen MR) is 49.3 cm³/mol. The van der Waals surface area contributed by atoms with Crippen LogP contribution in [0.25, 0.3) is 0 Å². The maximum absolute atomic E-state index is 11.6. The Hall–Kier alpha value is -0.380. The minimum Gasteiger partial charge on any atom is -0.365 e. The standard InChI is InChI=1S/C9H13ClO3/c1-3-9(4-2)8(12)6(10)5-7(11)13-9/h5,7,11H,3-4H2,1-2H3. The molecule has 0 amide bonds. The molecule has 4 heteroatoms. The number of aliphatic hydroxyl groups is 1. The van der Waals surface area contributed by atoms with Crippen LogP contribution in [0.4, 0.5) is 0 Å². The molecule has 0 fully saturated rings. The van der Waals surface area contributed by atoms with Crippen LogP contribution < -0.4 is 0 Å². The van der Waals surface area contributed by atoms with E-state index in [1.807, 2.05) is 13.8 Å². The topological polar surface area (TPSA) is 46.5 Å². The summed E-state index contributed by atoms with van der Waals surface area (Å²) in [6.07, 6.45) is 1.19. The van der Waals surface area contributed by atoms with Crippen LogP contribution in [0.3, 0.4) is 0 Å². The minimum atomic E-state index is -1.06. The second-order valence-electron chi connectivity index (χ2n) is 3.05. The highest BCUT2D eigenvalue weighted by molar-refractivity contribution is 6.43. The smallest absolute Gasteiger partial charge is 0.205 e. The summed E-state index contributed by atoms with van der Waals surface area (Å²) in [5, 5.41) is 9.33. The van der Waals surface area contributed by atoms with Gasteiger partial charge in [-0.3, -0.25) is 4.79 Å². The average Bonchev–Trinajstić information content (AvgIpc) is 2.11. The molecule has 74 valence electrons. The van der Waals surface area contributed by atoms with Crippen molar-refractivity contribution in [2.45, 2.75) is 38.6 Å². The third-order valence-electron chi connectivity index (χ3n) is 2.41. The molecule has 0 saturated carbocycles. The molecular formula is C9H13ClO3. The molecule has 0 radical (unpaired) electrons. The van der Waals surface area contributed by atoms with Crippen LogP contribution in [0.5, 0.6) is 0 Å². The quantitative estimate of drug-likeness (QED) is 0.743. The fraction of sp³-hybridized carbons (Fsp3) is 0.667. The fourth-order valence-electron chi connectivity index (χ4n) is 1.47. The van der Waals surface area contributed by atoms with E-state index >= 15 is 0 Å². The first kappa shape index (κ1) is 10.7. The monoisotopic (exact) mass is 204 g/mol. The molecule has 0 saturated heterocycles. The Morgan fingerprint density at radius 1 is 1.62 bits per heavy atom. The number of ether oxygens (including phenoxy) is 1. The highest BCUT2D eigenvalue weighted by Crippen LogP contribution is 2.32. The summed E-state index contributed by atoms with van der Waals surface area (Å²) in [6.45, 7) is 3.67. The second kappa shape index (κ2) is 3.78. The molecule has 1 aliphatic heterocycles. The molecule has 1 N–H and O–H groups in total. The third-order valence-corrected chi connectivity index (χ3v) is 2.71. The van der Waals surface area contributed by atoms with Gasteiger partial charge in [-0.05, 0) is 18.9 Å². The molecule has 0 bridgehead atoms. The van der Waals surface area contributed by atoms with Crippen molar-refractivity contribution in [2.24, 2.45) is 0 Å². The first-order valence-electron chi connectivity index (χ1n) is 4.33. The lowest BCUT2D eigenvalue weighted by atomic mass is 9.90. The number of ketones is 1. The van der Waals surface area contributed by atoms with Gasteiger partial charge in [-0.2, -0.15) is 0 Å². The molecule has 13 heavy (non-hydrogen) atoms. The number of carbonyl (C=O) groups excluding carboxylic acids is 1. The minimum absolute atomic E-state index is 0.0717. The molecule has 0 aromatic heterocycles. The maximum atomic E-state index is 11.6. The number of hydrogen-bond acceptors (Lipinski definition) is 3. The van der Waals surface area contributed by atoms with E-state index in [1.54, 1.807) is 0 Å². The summed E-state index contributed by atoms with van der Waals surface area (Å²) in [4.78, 5) is 11.6. The van der Waals surface area contributed by atoms with Gasteiger partial charge in [0.15, 0.2) is 6.29 Å². The van der Waals surface area contributed by atoms with Gasteiger partial charge in [0.2, 0.25) is 5.78 Å². The van der Waals surface area contributed by atoms with E-state index in [0.29, 0.717) is 12.8 Å². The second-order valence-corrected chi connectivity index (χ2v) is 3.46. The van der Waals surface area contributed by atoms with Crippen molar-refractivity contribution in [2.75, 3.05) is 0 Å². The molecular weight excluding hydrogens is 192 g/mol. The summed E-state index contributed by atoms with van der Waals surface area (Å²) in [7, 11) is 0. The van der Waals surface area contributed by atoms with E-state index in [0.717, 1.165) is 0 Å². The zero-order chi connectivity index (χ0) is 10.1. The van der Waals surface area contributed by atoms with Gasteiger partial charge >= 0.3 is 0 Å². The van der Waals surface area contributed by atoms with Gasteiger partial charge < -0.3 is 9.84 Å². The molecule has 1 atom stereocenters. The lowest BCUT2D eigenvalue weighted by Crippen LogP contribution is -2.46. The normalized spacial score (nSPS) is 27.2. The number of rotatable bonds is 2. The van der Waals surface area contributed by atoms with Crippen molar-refractivity contribution in [3.63, 3.8) is 0 Å². The van der Waals surface area contributed by atoms with Crippen LogP contribution in [-0.4, -0.2) is 22.8 Å². The van der Waals surface area contributed by atoms with Crippen LogP contribution in [-0.2, 0) is 9.53 Å². The Bertz CT molecular complexity index is 243. The van der Waals surface area contributed by atoms with E-state index in [9.17, 15) is 9.90 Å². The largest absolute Gasteiger partial charge is 0.365 e. The predicted octanol–water partition coefficient (Wildman–Crippen LogP) is 1.59. The lowest BCUT2D eigenvalue weighted by Gasteiger charge is -2.34. The third kappa shape index (κ3) is 1.77. The first-order valence-corrected chi connectivity index (χ1v) is 4.71. The molecule has 1 rings (SSSR count). The molecule has 0 aliphatic carbocycles. The van der Waals surface area contributed by atoms with E-state index in [-0.39, 0.29) is 10.8 Å². The number of aliphatic hydroxyl groups excluding tert-OH is 1. The molecule has 0 aromatic rings. The molecule has 0 aromatic carbocycles. The Labute approximate surface area is 82.3 Å². The van der Waals surface area contributed by atoms with Gasteiger partial charge in [-0.15, -0.1) is 0 Å². The van der Waals surface area contributed by atoms with Crippen LogP contribution in [0.2, 0.25) is 0 Å². The number of halogens is 1. The first-order chi connectivity index (χ1) is 6.05.